The van der Waals surface area contributed by atoms with Crippen molar-refractivity contribution in [1.82, 2.24) is 4.98 Å². The van der Waals surface area contributed by atoms with Gasteiger partial charge in [-0.2, -0.15) is 0 Å². The number of aldehydes is 1. The van der Waals surface area contributed by atoms with Crippen LogP contribution in [0, 0.1) is 0 Å². The number of aromatic nitrogens is 1. The number of benzene rings is 1. The first-order chi connectivity index (χ1) is 9.65. The SMILES string of the molecule is COC(=O)c1cccc2c1[nH]c(=O)c1sc(C=O)cc12. The summed E-state index contributed by atoms with van der Waals surface area (Å²) in [4.78, 5) is 37.8. The number of aromatic amines is 1. The molecule has 6 heteroatoms. The molecule has 0 aliphatic heterocycles. The minimum Gasteiger partial charge on any atom is -0.465 e. The third-order valence-corrected chi connectivity index (χ3v) is 4.13. The molecule has 0 saturated heterocycles. The zero-order valence-electron chi connectivity index (χ0n) is 10.4. The summed E-state index contributed by atoms with van der Waals surface area (Å²) in [5.41, 5.74) is 0.400. The van der Waals surface area contributed by atoms with Gasteiger partial charge in [-0.05, 0) is 12.1 Å². The molecule has 0 bridgehead atoms. The highest BCUT2D eigenvalue weighted by Gasteiger charge is 2.15. The molecule has 0 amide bonds. The summed E-state index contributed by atoms with van der Waals surface area (Å²) in [5.74, 6) is -0.517. The number of fused-ring (bicyclic) bond motifs is 3. The van der Waals surface area contributed by atoms with E-state index < -0.39 is 5.97 Å². The van der Waals surface area contributed by atoms with Crippen molar-refractivity contribution in [3.05, 3.63) is 45.1 Å². The Bertz CT molecular complexity index is 907. The number of ether oxygens (including phenoxy) is 1. The van der Waals surface area contributed by atoms with Crippen molar-refractivity contribution < 1.29 is 14.3 Å². The smallest absolute Gasteiger partial charge is 0.339 e. The van der Waals surface area contributed by atoms with E-state index >= 15 is 0 Å². The van der Waals surface area contributed by atoms with Gasteiger partial charge in [0.25, 0.3) is 5.56 Å². The van der Waals surface area contributed by atoms with Crippen LogP contribution in [0.25, 0.3) is 21.0 Å². The van der Waals surface area contributed by atoms with E-state index in [4.69, 9.17) is 4.74 Å². The molecule has 0 radical (unpaired) electrons. The predicted octanol–water partition coefficient (Wildman–Crippen LogP) is 2.34. The van der Waals surface area contributed by atoms with E-state index in [1.165, 1.54) is 7.11 Å². The zero-order chi connectivity index (χ0) is 14.3. The summed E-state index contributed by atoms with van der Waals surface area (Å²) >= 11 is 1.13. The standard InChI is InChI=1S/C14H9NO4S/c1-19-14(18)9-4-2-3-8-10-5-7(6-16)20-12(10)13(17)15-11(8)9/h2-6H,1H3,(H,15,17). The number of methoxy groups -OCH3 is 1. The van der Waals surface area contributed by atoms with Crippen LogP contribution in [-0.2, 0) is 4.74 Å². The summed E-state index contributed by atoms with van der Waals surface area (Å²) < 4.78 is 5.18. The van der Waals surface area contributed by atoms with Crippen molar-refractivity contribution in [2.75, 3.05) is 7.11 Å². The first-order valence-corrected chi connectivity index (χ1v) is 6.59. The highest BCUT2D eigenvalue weighted by Crippen LogP contribution is 2.29. The van der Waals surface area contributed by atoms with Gasteiger partial charge in [0.2, 0.25) is 0 Å². The van der Waals surface area contributed by atoms with Gasteiger partial charge in [0, 0.05) is 10.8 Å². The summed E-state index contributed by atoms with van der Waals surface area (Å²) in [7, 11) is 1.28. The van der Waals surface area contributed by atoms with E-state index in [1.807, 2.05) is 0 Å². The van der Waals surface area contributed by atoms with E-state index in [1.54, 1.807) is 24.3 Å². The monoisotopic (exact) mass is 287 g/mol. The maximum absolute atomic E-state index is 12.1. The van der Waals surface area contributed by atoms with Gasteiger partial charge >= 0.3 is 5.97 Å². The molecule has 0 unspecified atom stereocenters. The summed E-state index contributed by atoms with van der Waals surface area (Å²) in [6, 6.07) is 6.75. The molecule has 3 rings (SSSR count). The van der Waals surface area contributed by atoms with Gasteiger partial charge in [0.1, 0.15) is 4.70 Å². The Labute approximate surface area is 116 Å². The number of H-pyrrole nitrogens is 1. The normalized spacial score (nSPS) is 10.8. The van der Waals surface area contributed by atoms with Crippen molar-refractivity contribution >= 4 is 44.6 Å². The summed E-state index contributed by atoms with van der Waals surface area (Å²) in [6.07, 6.45) is 0.708. The van der Waals surface area contributed by atoms with Crippen LogP contribution in [0.15, 0.2) is 29.1 Å². The Balaban J connectivity index is 2.50. The van der Waals surface area contributed by atoms with Gasteiger partial charge in [-0.1, -0.05) is 12.1 Å². The third kappa shape index (κ3) is 1.73. The molecule has 0 saturated carbocycles. The van der Waals surface area contributed by atoms with Gasteiger partial charge in [-0.3, -0.25) is 9.59 Å². The van der Waals surface area contributed by atoms with E-state index in [0.717, 1.165) is 11.3 Å². The van der Waals surface area contributed by atoms with Gasteiger partial charge in [0.05, 0.1) is 23.1 Å². The highest BCUT2D eigenvalue weighted by atomic mass is 32.1. The number of carbonyl (C=O) groups excluding carboxylic acids is 2. The molecule has 0 aliphatic carbocycles. The fraction of sp³-hybridized carbons (Fsp3) is 0.0714. The highest BCUT2D eigenvalue weighted by molar-refractivity contribution is 7.20. The van der Waals surface area contributed by atoms with Crippen LogP contribution < -0.4 is 5.56 Å². The number of thiophene rings is 1. The van der Waals surface area contributed by atoms with E-state index in [0.29, 0.717) is 37.7 Å². The summed E-state index contributed by atoms with van der Waals surface area (Å²) in [5, 5.41) is 1.38. The Morgan fingerprint density at radius 1 is 1.35 bits per heavy atom. The fourth-order valence-corrected chi connectivity index (χ4v) is 3.08. The third-order valence-electron chi connectivity index (χ3n) is 3.07. The maximum atomic E-state index is 12.1. The Hall–Kier alpha value is -2.47. The molecule has 5 nitrogen and oxygen atoms in total. The predicted molar refractivity (Wildman–Crippen MR) is 76.7 cm³/mol. The van der Waals surface area contributed by atoms with Crippen molar-refractivity contribution in [1.29, 1.82) is 0 Å². The van der Waals surface area contributed by atoms with Crippen molar-refractivity contribution in [3.8, 4) is 0 Å². The molecular formula is C14H9NO4S. The second-order valence-corrected chi connectivity index (χ2v) is 5.27. The largest absolute Gasteiger partial charge is 0.465 e. The number of esters is 1. The number of hydrogen-bond donors (Lipinski definition) is 1. The fourth-order valence-electron chi connectivity index (χ4n) is 2.20. The first-order valence-electron chi connectivity index (χ1n) is 5.77. The summed E-state index contributed by atoms with van der Waals surface area (Å²) in [6.45, 7) is 0. The molecule has 0 atom stereocenters. The van der Waals surface area contributed by atoms with Crippen LogP contribution in [0.2, 0.25) is 0 Å². The Morgan fingerprint density at radius 2 is 2.15 bits per heavy atom. The van der Waals surface area contributed by atoms with Gasteiger partial charge in [-0.25, -0.2) is 4.79 Å². The quantitative estimate of drug-likeness (QED) is 0.580. The minimum absolute atomic E-state index is 0.294. The van der Waals surface area contributed by atoms with Crippen LogP contribution in [0.1, 0.15) is 20.0 Å². The second kappa shape index (κ2) is 4.57. The molecule has 1 aromatic carbocycles. The van der Waals surface area contributed by atoms with E-state index in [2.05, 4.69) is 4.98 Å². The number of nitrogens with one attached hydrogen (secondary N) is 1. The maximum Gasteiger partial charge on any atom is 0.339 e. The van der Waals surface area contributed by atoms with Crippen LogP contribution in [0.3, 0.4) is 0 Å². The van der Waals surface area contributed by atoms with Crippen LogP contribution >= 0.6 is 11.3 Å². The molecular weight excluding hydrogens is 278 g/mol. The Morgan fingerprint density at radius 3 is 2.85 bits per heavy atom. The average molecular weight is 287 g/mol. The minimum atomic E-state index is -0.517. The van der Waals surface area contributed by atoms with Gasteiger partial charge in [0.15, 0.2) is 6.29 Å². The van der Waals surface area contributed by atoms with Crippen molar-refractivity contribution in [2.45, 2.75) is 0 Å². The average Bonchev–Trinajstić information content (AvgIpc) is 2.91. The molecule has 2 aromatic heterocycles. The van der Waals surface area contributed by atoms with Crippen LogP contribution in [-0.4, -0.2) is 24.3 Å². The lowest BCUT2D eigenvalue weighted by Crippen LogP contribution is -2.09. The van der Waals surface area contributed by atoms with E-state index in [-0.39, 0.29) is 5.56 Å². The Kier molecular flexibility index (Phi) is 2.87. The molecule has 0 fully saturated rings. The zero-order valence-corrected chi connectivity index (χ0v) is 11.2. The van der Waals surface area contributed by atoms with E-state index in [9.17, 15) is 14.4 Å². The lowest BCUT2D eigenvalue weighted by Gasteiger charge is -2.05. The van der Waals surface area contributed by atoms with Crippen molar-refractivity contribution in [3.63, 3.8) is 0 Å². The van der Waals surface area contributed by atoms with Gasteiger partial charge in [-0.15, -0.1) is 11.3 Å². The van der Waals surface area contributed by atoms with Crippen LogP contribution in [0.4, 0.5) is 0 Å². The molecule has 20 heavy (non-hydrogen) atoms. The molecule has 3 aromatic rings. The lowest BCUT2D eigenvalue weighted by atomic mass is 10.1. The first kappa shape index (κ1) is 12.6. The molecule has 1 N–H and O–H groups in total. The molecule has 0 aliphatic rings. The number of carbonyl (C=O) groups is 2. The van der Waals surface area contributed by atoms with Gasteiger partial charge < -0.3 is 9.72 Å². The molecule has 2 heterocycles. The number of rotatable bonds is 2. The topological polar surface area (TPSA) is 76.2 Å². The lowest BCUT2D eigenvalue weighted by molar-refractivity contribution is 0.0602. The van der Waals surface area contributed by atoms with Crippen LogP contribution in [0.5, 0.6) is 0 Å². The number of para-hydroxylation sites is 1. The molecule has 0 spiro atoms. The van der Waals surface area contributed by atoms with Crippen molar-refractivity contribution in [2.24, 2.45) is 0 Å². The number of pyridine rings is 1. The molecule has 100 valence electrons. The number of hydrogen-bond acceptors (Lipinski definition) is 5. The second-order valence-electron chi connectivity index (χ2n) is 4.18.